The molecule has 3 aromatic carbocycles. The maximum Gasteiger partial charge on any atom is 0.338 e. The number of hydrogen-bond acceptors (Lipinski definition) is 7. The Labute approximate surface area is 228 Å². The molecule has 38 heavy (non-hydrogen) atoms. The Morgan fingerprint density at radius 2 is 1.68 bits per heavy atom. The predicted octanol–water partition coefficient (Wildman–Crippen LogP) is 7.76. The van der Waals surface area contributed by atoms with Crippen molar-refractivity contribution in [3.63, 3.8) is 0 Å². The van der Waals surface area contributed by atoms with E-state index < -0.39 is 0 Å². The number of benzene rings is 3. The lowest BCUT2D eigenvalue weighted by Gasteiger charge is -2.23. The van der Waals surface area contributed by atoms with E-state index in [0.717, 1.165) is 34.4 Å². The van der Waals surface area contributed by atoms with E-state index in [2.05, 4.69) is 17.3 Å². The maximum atomic E-state index is 15.0. The second-order valence-electron chi connectivity index (χ2n) is 9.53. The monoisotopic (exact) mass is 534 g/mol. The average molecular weight is 535 g/mol. The fourth-order valence-corrected chi connectivity index (χ4v) is 5.09. The number of rotatable bonds is 12. The summed E-state index contributed by atoms with van der Waals surface area (Å²) < 4.78 is 21.3. The number of unbranched alkanes of at least 4 members (excludes halogenated alkanes) is 4. The SMILES string of the molecule is CCCCCCCOC(=O)c1ccc2nc(-c3ccc(NN(C)c4ccc(N(C)C)cc4)c(F)c3)sc2c1. The zero-order valence-electron chi connectivity index (χ0n) is 22.5. The smallest absolute Gasteiger partial charge is 0.338 e. The summed E-state index contributed by atoms with van der Waals surface area (Å²) in [6.45, 7) is 2.61. The number of carbonyl (C=O) groups excluding carboxylic acids is 1. The number of halogens is 1. The first-order chi connectivity index (χ1) is 18.4. The van der Waals surface area contributed by atoms with E-state index in [-0.39, 0.29) is 11.8 Å². The number of nitrogens with one attached hydrogen (secondary N) is 1. The van der Waals surface area contributed by atoms with Gasteiger partial charge in [-0.25, -0.2) is 14.2 Å². The van der Waals surface area contributed by atoms with E-state index in [1.807, 2.05) is 62.4 Å². The number of ether oxygens (including phenoxy) is 1. The summed E-state index contributed by atoms with van der Waals surface area (Å²) in [4.78, 5) is 19.2. The van der Waals surface area contributed by atoms with Crippen molar-refractivity contribution in [1.82, 2.24) is 4.98 Å². The van der Waals surface area contributed by atoms with Crippen LogP contribution >= 0.6 is 11.3 Å². The van der Waals surface area contributed by atoms with Gasteiger partial charge in [-0.15, -0.1) is 11.3 Å². The first-order valence-corrected chi connectivity index (χ1v) is 13.8. The molecule has 0 radical (unpaired) electrons. The van der Waals surface area contributed by atoms with Crippen molar-refractivity contribution in [3.8, 4) is 10.6 Å². The number of esters is 1. The summed E-state index contributed by atoms with van der Waals surface area (Å²) in [5.41, 5.74) is 7.44. The molecule has 0 aliphatic carbocycles. The van der Waals surface area contributed by atoms with Crippen LogP contribution in [0.1, 0.15) is 49.4 Å². The number of hydrazine groups is 1. The van der Waals surface area contributed by atoms with Crippen LogP contribution in [-0.4, -0.2) is 38.7 Å². The lowest BCUT2D eigenvalue weighted by molar-refractivity contribution is 0.0498. The Balaban J connectivity index is 1.41. The van der Waals surface area contributed by atoms with E-state index in [9.17, 15) is 4.79 Å². The number of aromatic nitrogens is 1. The molecule has 4 aromatic rings. The summed E-state index contributed by atoms with van der Waals surface area (Å²) in [5.74, 6) is -0.694. The molecular weight excluding hydrogens is 499 g/mol. The van der Waals surface area contributed by atoms with Crippen molar-refractivity contribution in [2.75, 3.05) is 43.1 Å². The van der Waals surface area contributed by atoms with Crippen molar-refractivity contribution in [2.24, 2.45) is 0 Å². The molecule has 0 aliphatic rings. The van der Waals surface area contributed by atoms with Gasteiger partial charge in [-0.2, -0.15) is 0 Å². The van der Waals surface area contributed by atoms with Crippen molar-refractivity contribution in [1.29, 1.82) is 0 Å². The molecule has 0 atom stereocenters. The van der Waals surface area contributed by atoms with Gasteiger partial charge < -0.3 is 9.64 Å². The van der Waals surface area contributed by atoms with Crippen molar-refractivity contribution in [2.45, 2.75) is 39.0 Å². The second kappa shape index (κ2) is 12.7. The minimum atomic E-state index is -0.373. The average Bonchev–Trinajstić information content (AvgIpc) is 3.35. The molecule has 0 saturated heterocycles. The quantitative estimate of drug-likeness (QED) is 0.114. The van der Waals surface area contributed by atoms with E-state index in [4.69, 9.17) is 4.74 Å². The fraction of sp³-hybridized carbons (Fsp3) is 0.333. The van der Waals surface area contributed by atoms with Gasteiger partial charge in [0.1, 0.15) is 10.8 Å². The number of thiazole rings is 1. The molecule has 200 valence electrons. The molecule has 0 fully saturated rings. The molecule has 6 nitrogen and oxygen atoms in total. The molecule has 1 heterocycles. The van der Waals surface area contributed by atoms with Crippen LogP contribution in [0.5, 0.6) is 0 Å². The van der Waals surface area contributed by atoms with Gasteiger partial charge in [0.25, 0.3) is 0 Å². The van der Waals surface area contributed by atoms with E-state index >= 15 is 4.39 Å². The highest BCUT2D eigenvalue weighted by atomic mass is 32.1. The van der Waals surface area contributed by atoms with Gasteiger partial charge in [0, 0.05) is 32.4 Å². The summed E-state index contributed by atoms with van der Waals surface area (Å²) in [5, 5.41) is 2.47. The number of nitrogens with zero attached hydrogens (tertiary/aromatic N) is 3. The predicted molar refractivity (Wildman–Crippen MR) is 157 cm³/mol. The van der Waals surface area contributed by atoms with Crippen LogP contribution < -0.4 is 15.3 Å². The van der Waals surface area contributed by atoms with Crippen LogP contribution in [0, 0.1) is 5.82 Å². The molecule has 0 spiro atoms. The maximum absolute atomic E-state index is 15.0. The molecule has 0 amide bonds. The zero-order valence-corrected chi connectivity index (χ0v) is 23.3. The molecule has 0 aliphatic heterocycles. The topological polar surface area (TPSA) is 57.7 Å². The number of carbonyl (C=O) groups is 1. The van der Waals surface area contributed by atoms with Gasteiger partial charge in [0.2, 0.25) is 0 Å². The Morgan fingerprint density at radius 1 is 0.947 bits per heavy atom. The van der Waals surface area contributed by atoms with Crippen LogP contribution in [0.15, 0.2) is 60.7 Å². The van der Waals surface area contributed by atoms with Gasteiger partial charge in [-0.05, 0) is 67.1 Å². The molecule has 1 N–H and O–H groups in total. The lowest BCUT2D eigenvalue weighted by atomic mass is 10.2. The molecular formula is C30H35FN4O2S. The normalized spacial score (nSPS) is 11.0. The zero-order chi connectivity index (χ0) is 27.1. The van der Waals surface area contributed by atoms with Crippen molar-refractivity contribution in [3.05, 3.63) is 72.0 Å². The summed E-state index contributed by atoms with van der Waals surface area (Å²) in [7, 11) is 5.83. The van der Waals surface area contributed by atoms with Crippen LogP contribution in [0.4, 0.5) is 21.5 Å². The van der Waals surface area contributed by atoms with Crippen LogP contribution in [0.25, 0.3) is 20.8 Å². The fourth-order valence-electron chi connectivity index (χ4n) is 4.09. The van der Waals surface area contributed by atoms with E-state index in [0.29, 0.717) is 28.4 Å². The largest absolute Gasteiger partial charge is 0.462 e. The Bertz CT molecular complexity index is 1370. The molecule has 8 heteroatoms. The van der Waals surface area contributed by atoms with Crippen LogP contribution in [-0.2, 0) is 4.74 Å². The Hall–Kier alpha value is -3.65. The molecule has 1 aromatic heterocycles. The molecule has 4 rings (SSSR count). The Morgan fingerprint density at radius 3 is 2.39 bits per heavy atom. The van der Waals surface area contributed by atoms with Crippen LogP contribution in [0.3, 0.4) is 0 Å². The standard InChI is InChI=1S/C30H35FN4O2S/c1-5-6-7-8-9-18-37-30(36)22-11-17-27-28(20-22)38-29(32-27)21-10-16-26(25(31)19-21)33-35(4)24-14-12-23(13-15-24)34(2)3/h10-17,19-20,33H,5-9,18H2,1-4H3. The van der Waals surface area contributed by atoms with Crippen molar-refractivity contribution >= 4 is 44.6 Å². The van der Waals surface area contributed by atoms with Crippen LogP contribution in [0.2, 0.25) is 0 Å². The third kappa shape index (κ3) is 6.81. The van der Waals surface area contributed by atoms with Gasteiger partial charge in [0.05, 0.1) is 33.8 Å². The highest BCUT2D eigenvalue weighted by Gasteiger charge is 2.14. The third-order valence-corrected chi connectivity index (χ3v) is 7.43. The van der Waals surface area contributed by atoms with Gasteiger partial charge in [-0.3, -0.25) is 10.4 Å². The first-order valence-electron chi connectivity index (χ1n) is 13.0. The number of fused-ring (bicyclic) bond motifs is 1. The van der Waals surface area contributed by atoms with Gasteiger partial charge >= 0.3 is 5.97 Å². The van der Waals surface area contributed by atoms with Crippen molar-refractivity contribution < 1.29 is 13.9 Å². The Kier molecular flexibility index (Phi) is 9.18. The highest BCUT2D eigenvalue weighted by molar-refractivity contribution is 7.21. The first kappa shape index (κ1) is 27.4. The van der Waals surface area contributed by atoms with Gasteiger partial charge in [-0.1, -0.05) is 32.6 Å². The number of anilines is 3. The summed E-state index contributed by atoms with van der Waals surface area (Å²) in [6, 6.07) is 18.4. The highest BCUT2D eigenvalue weighted by Crippen LogP contribution is 2.33. The molecule has 0 saturated carbocycles. The number of hydrogen-bond donors (Lipinski definition) is 1. The summed E-state index contributed by atoms with van der Waals surface area (Å²) in [6.07, 6.45) is 5.53. The minimum Gasteiger partial charge on any atom is -0.462 e. The molecule has 0 bridgehead atoms. The van der Waals surface area contributed by atoms with E-state index in [1.165, 1.54) is 36.7 Å². The summed E-state index contributed by atoms with van der Waals surface area (Å²) >= 11 is 1.43. The van der Waals surface area contributed by atoms with E-state index in [1.54, 1.807) is 23.2 Å². The third-order valence-electron chi connectivity index (χ3n) is 6.36. The minimum absolute atomic E-state index is 0.320. The lowest BCUT2D eigenvalue weighted by Crippen LogP contribution is -2.25. The second-order valence-corrected chi connectivity index (χ2v) is 10.6. The van der Waals surface area contributed by atoms with Gasteiger partial charge in [0.15, 0.2) is 0 Å². The molecule has 0 unspecified atom stereocenters.